The number of benzene rings is 4. The van der Waals surface area contributed by atoms with E-state index in [1.165, 1.54) is 87.9 Å². The van der Waals surface area contributed by atoms with E-state index in [2.05, 4.69) is 74.5 Å². The van der Waals surface area contributed by atoms with Gasteiger partial charge < -0.3 is 0 Å². The zero-order chi connectivity index (χ0) is 20.2. The Morgan fingerprint density at radius 2 is 0.967 bits per heavy atom. The van der Waals surface area contributed by atoms with E-state index in [1.54, 1.807) is 0 Å². The molecule has 0 saturated heterocycles. The molecule has 0 atom stereocenters. The standard InChI is InChI=1S/C28H24S2/c1-3-5-21-11-19-13-25-17(15-27(19)29-21)7-9-24-23(25)10-8-18-16-28-20(14-26(18)24)12-22(30-28)6-4-2/h7-16H,3-6H2,1-2H3. The molecule has 148 valence electrons. The van der Waals surface area contributed by atoms with Crippen molar-refractivity contribution < 1.29 is 0 Å². The van der Waals surface area contributed by atoms with Gasteiger partial charge in [0, 0.05) is 19.2 Å². The van der Waals surface area contributed by atoms with Gasteiger partial charge in [-0.15, -0.1) is 22.7 Å². The van der Waals surface area contributed by atoms with Crippen LogP contribution < -0.4 is 0 Å². The zero-order valence-corrected chi connectivity index (χ0v) is 19.1. The summed E-state index contributed by atoms with van der Waals surface area (Å²) in [6.07, 6.45) is 4.77. The molecule has 4 aromatic carbocycles. The van der Waals surface area contributed by atoms with E-state index < -0.39 is 0 Å². The van der Waals surface area contributed by atoms with Gasteiger partial charge in [-0.1, -0.05) is 51.0 Å². The molecule has 0 bridgehead atoms. The smallest absolute Gasteiger partial charge is 0.0352 e. The van der Waals surface area contributed by atoms with Crippen molar-refractivity contribution in [3.8, 4) is 0 Å². The molecule has 0 saturated carbocycles. The molecule has 0 amide bonds. The van der Waals surface area contributed by atoms with Crippen molar-refractivity contribution in [2.24, 2.45) is 0 Å². The predicted octanol–water partition coefficient (Wildman–Crippen LogP) is 9.48. The Bertz CT molecular complexity index is 1440. The molecule has 0 aliphatic heterocycles. The van der Waals surface area contributed by atoms with E-state index in [0.717, 1.165) is 0 Å². The molecule has 6 aromatic rings. The molecule has 0 aliphatic rings. The van der Waals surface area contributed by atoms with Crippen LogP contribution in [0.15, 0.2) is 60.7 Å². The molecule has 2 heteroatoms. The first-order valence-corrected chi connectivity index (χ1v) is 12.6. The van der Waals surface area contributed by atoms with Crippen LogP contribution in [0.2, 0.25) is 0 Å². The van der Waals surface area contributed by atoms with Crippen LogP contribution in [0.1, 0.15) is 36.4 Å². The molecule has 2 aromatic heterocycles. The second-order valence-corrected chi connectivity index (χ2v) is 10.7. The van der Waals surface area contributed by atoms with Crippen LogP contribution in [0.5, 0.6) is 0 Å². The molecule has 30 heavy (non-hydrogen) atoms. The van der Waals surface area contributed by atoms with E-state index in [-0.39, 0.29) is 0 Å². The van der Waals surface area contributed by atoms with Gasteiger partial charge in [-0.25, -0.2) is 0 Å². The van der Waals surface area contributed by atoms with E-state index in [4.69, 9.17) is 0 Å². The van der Waals surface area contributed by atoms with Crippen molar-refractivity contribution in [3.05, 3.63) is 70.4 Å². The quantitative estimate of drug-likeness (QED) is 0.247. The normalized spacial score (nSPS) is 12.2. The Kier molecular flexibility index (Phi) is 4.33. The summed E-state index contributed by atoms with van der Waals surface area (Å²) in [5.74, 6) is 0. The van der Waals surface area contributed by atoms with E-state index in [1.807, 2.05) is 22.7 Å². The van der Waals surface area contributed by atoms with Crippen LogP contribution in [0.25, 0.3) is 52.5 Å². The molecular formula is C28H24S2. The molecule has 0 aliphatic carbocycles. The third-order valence-electron chi connectivity index (χ3n) is 6.20. The van der Waals surface area contributed by atoms with Gasteiger partial charge in [-0.3, -0.25) is 0 Å². The average molecular weight is 425 g/mol. The summed E-state index contributed by atoms with van der Waals surface area (Å²) in [6, 6.07) is 23.7. The van der Waals surface area contributed by atoms with E-state index in [9.17, 15) is 0 Å². The zero-order valence-electron chi connectivity index (χ0n) is 17.4. The second-order valence-electron chi connectivity index (χ2n) is 8.37. The lowest BCUT2D eigenvalue weighted by atomic mass is 9.96. The lowest BCUT2D eigenvalue weighted by molar-refractivity contribution is 0.940. The summed E-state index contributed by atoms with van der Waals surface area (Å²) in [5.41, 5.74) is 0. The van der Waals surface area contributed by atoms with Crippen LogP contribution in [0.4, 0.5) is 0 Å². The molecule has 2 heterocycles. The van der Waals surface area contributed by atoms with Crippen LogP contribution >= 0.6 is 22.7 Å². The maximum atomic E-state index is 2.41. The Labute approximate surface area is 184 Å². The fourth-order valence-corrected chi connectivity index (χ4v) is 7.18. The molecule has 0 spiro atoms. The molecule has 0 nitrogen and oxygen atoms in total. The summed E-state index contributed by atoms with van der Waals surface area (Å²) in [5, 5.41) is 11.0. The molecule has 0 N–H and O–H groups in total. The monoisotopic (exact) mass is 424 g/mol. The van der Waals surface area contributed by atoms with Gasteiger partial charge in [-0.2, -0.15) is 0 Å². The minimum absolute atomic E-state index is 1.18. The lowest BCUT2D eigenvalue weighted by Gasteiger charge is -2.08. The van der Waals surface area contributed by atoms with Crippen molar-refractivity contribution in [2.45, 2.75) is 39.5 Å². The minimum Gasteiger partial charge on any atom is -0.140 e. The van der Waals surface area contributed by atoms with Gasteiger partial charge in [0.05, 0.1) is 0 Å². The number of rotatable bonds is 4. The van der Waals surface area contributed by atoms with Gasteiger partial charge >= 0.3 is 0 Å². The maximum Gasteiger partial charge on any atom is 0.0352 e. The van der Waals surface area contributed by atoms with Gasteiger partial charge in [0.15, 0.2) is 0 Å². The fraction of sp³-hybridized carbons (Fsp3) is 0.214. The third kappa shape index (κ3) is 2.85. The highest BCUT2D eigenvalue weighted by Crippen LogP contribution is 2.38. The van der Waals surface area contributed by atoms with Crippen LogP contribution in [-0.4, -0.2) is 0 Å². The predicted molar refractivity (Wildman–Crippen MR) is 138 cm³/mol. The highest BCUT2D eigenvalue weighted by atomic mass is 32.1. The van der Waals surface area contributed by atoms with Gasteiger partial charge in [0.25, 0.3) is 0 Å². The second kappa shape index (κ2) is 7.08. The molecule has 6 rings (SSSR count). The SMILES string of the molecule is CCCc1cc2cc3c(ccc4c5cc6cc(CCC)sc6cc5ccc34)cc2s1. The highest BCUT2D eigenvalue weighted by Gasteiger charge is 2.10. The molecule has 0 unspecified atom stereocenters. The summed E-state index contributed by atoms with van der Waals surface area (Å²) in [7, 11) is 0. The number of thiophene rings is 2. The van der Waals surface area contributed by atoms with E-state index in [0.29, 0.717) is 0 Å². The Hall–Kier alpha value is -2.42. The molecular weight excluding hydrogens is 400 g/mol. The Morgan fingerprint density at radius 3 is 1.40 bits per heavy atom. The van der Waals surface area contributed by atoms with Crippen molar-refractivity contribution >= 4 is 75.2 Å². The molecule has 0 fully saturated rings. The van der Waals surface area contributed by atoms with Crippen molar-refractivity contribution in [1.82, 2.24) is 0 Å². The van der Waals surface area contributed by atoms with Crippen LogP contribution in [0, 0.1) is 0 Å². The summed E-state index contributed by atoms with van der Waals surface area (Å²) in [6.45, 7) is 4.52. The molecule has 0 radical (unpaired) electrons. The van der Waals surface area contributed by atoms with Crippen molar-refractivity contribution in [1.29, 1.82) is 0 Å². The van der Waals surface area contributed by atoms with Crippen molar-refractivity contribution in [3.63, 3.8) is 0 Å². The first-order valence-electron chi connectivity index (χ1n) is 11.0. The van der Waals surface area contributed by atoms with Gasteiger partial charge in [0.1, 0.15) is 0 Å². The Morgan fingerprint density at radius 1 is 0.500 bits per heavy atom. The number of hydrogen-bond acceptors (Lipinski definition) is 2. The lowest BCUT2D eigenvalue weighted by Crippen LogP contribution is -1.81. The number of fused-ring (bicyclic) bond motifs is 7. The summed E-state index contributed by atoms with van der Waals surface area (Å²) in [4.78, 5) is 3.00. The van der Waals surface area contributed by atoms with Gasteiger partial charge in [0.2, 0.25) is 0 Å². The maximum absolute atomic E-state index is 2.41. The first-order chi connectivity index (χ1) is 14.7. The number of aryl methyl sites for hydroxylation is 2. The topological polar surface area (TPSA) is 0 Å². The first kappa shape index (κ1) is 18.4. The largest absolute Gasteiger partial charge is 0.140 e. The summed E-state index contributed by atoms with van der Waals surface area (Å²) < 4.78 is 2.82. The minimum atomic E-state index is 1.18. The van der Waals surface area contributed by atoms with Crippen LogP contribution in [-0.2, 0) is 12.8 Å². The third-order valence-corrected chi connectivity index (χ3v) is 8.52. The highest BCUT2D eigenvalue weighted by molar-refractivity contribution is 7.19. The Balaban J connectivity index is 1.62. The van der Waals surface area contributed by atoms with E-state index >= 15 is 0 Å². The van der Waals surface area contributed by atoms with Gasteiger partial charge in [-0.05, 0) is 92.3 Å². The average Bonchev–Trinajstić information content (AvgIpc) is 3.32. The fourth-order valence-electron chi connectivity index (χ4n) is 4.79. The van der Waals surface area contributed by atoms with Crippen LogP contribution in [0.3, 0.4) is 0 Å². The summed E-state index contributed by atoms with van der Waals surface area (Å²) >= 11 is 3.91. The van der Waals surface area contributed by atoms with Crippen molar-refractivity contribution in [2.75, 3.05) is 0 Å². The number of hydrogen-bond donors (Lipinski definition) is 0.